The Morgan fingerprint density at radius 2 is 1.89 bits per heavy atom. The van der Waals surface area contributed by atoms with E-state index >= 15 is 0 Å². The Labute approximate surface area is 161 Å². The van der Waals surface area contributed by atoms with Crippen molar-refractivity contribution in [3.8, 4) is 17.2 Å². The van der Waals surface area contributed by atoms with Crippen molar-refractivity contribution >= 4 is 27.5 Å². The summed E-state index contributed by atoms with van der Waals surface area (Å²) in [6.07, 6.45) is 6.22. The van der Waals surface area contributed by atoms with Crippen LogP contribution in [0.25, 0.3) is 11.1 Å². The lowest BCUT2D eigenvalue weighted by molar-refractivity contribution is 0.591. The smallest absolute Gasteiger partial charge is 0.263 e. The van der Waals surface area contributed by atoms with Crippen molar-refractivity contribution in [2.75, 3.05) is 16.6 Å². The van der Waals surface area contributed by atoms with Gasteiger partial charge in [0.2, 0.25) is 0 Å². The standard InChI is InChI=1S/C19H14N4O2S2/c20-10-14-3-5-15(6-4-14)17-12-22-13-18-19(17)26-9-8-23(18)27(24,25)16-2-1-7-21-11-16/h1-7,11-13H,8-9H2. The molecular formula is C19H14N4O2S2. The minimum atomic E-state index is -3.71. The molecular weight excluding hydrogens is 380 g/mol. The second-order valence-electron chi connectivity index (χ2n) is 5.84. The molecule has 0 atom stereocenters. The first kappa shape index (κ1) is 17.5. The molecule has 1 aromatic carbocycles. The number of sulfonamides is 1. The highest BCUT2D eigenvalue weighted by atomic mass is 32.2. The third-order valence-corrected chi connectivity index (χ3v) is 7.14. The van der Waals surface area contributed by atoms with Crippen LogP contribution in [0.5, 0.6) is 0 Å². The fourth-order valence-corrected chi connectivity index (χ4v) is 5.64. The molecule has 134 valence electrons. The Hall–Kier alpha value is -2.89. The molecule has 0 bridgehead atoms. The molecule has 0 saturated heterocycles. The van der Waals surface area contributed by atoms with E-state index in [0.29, 0.717) is 23.5 Å². The molecule has 0 fully saturated rings. The predicted molar refractivity (Wildman–Crippen MR) is 104 cm³/mol. The highest BCUT2D eigenvalue weighted by molar-refractivity contribution is 8.00. The number of thioether (sulfide) groups is 1. The fraction of sp³-hybridized carbons (Fsp3) is 0.105. The number of aromatic nitrogens is 2. The van der Waals surface area contributed by atoms with Gasteiger partial charge in [-0.05, 0) is 29.8 Å². The van der Waals surface area contributed by atoms with E-state index in [1.807, 2.05) is 12.1 Å². The van der Waals surface area contributed by atoms with Crippen LogP contribution in [0.3, 0.4) is 0 Å². The Kier molecular flexibility index (Phi) is 4.56. The van der Waals surface area contributed by atoms with Gasteiger partial charge in [-0.15, -0.1) is 11.8 Å². The number of hydrogen-bond acceptors (Lipinski definition) is 6. The van der Waals surface area contributed by atoms with Crippen molar-refractivity contribution in [1.82, 2.24) is 9.97 Å². The first-order valence-corrected chi connectivity index (χ1v) is 10.6. The monoisotopic (exact) mass is 394 g/mol. The van der Waals surface area contributed by atoms with Gasteiger partial charge < -0.3 is 0 Å². The van der Waals surface area contributed by atoms with Gasteiger partial charge in [0.05, 0.1) is 23.5 Å². The number of benzene rings is 1. The number of nitriles is 1. The summed E-state index contributed by atoms with van der Waals surface area (Å²) in [6.45, 7) is 0.368. The minimum absolute atomic E-state index is 0.159. The highest BCUT2D eigenvalue weighted by Crippen LogP contribution is 2.42. The van der Waals surface area contributed by atoms with Crippen molar-refractivity contribution in [2.45, 2.75) is 9.79 Å². The topological polar surface area (TPSA) is 87.0 Å². The summed E-state index contributed by atoms with van der Waals surface area (Å²) in [4.78, 5) is 9.23. The zero-order chi connectivity index (χ0) is 18.9. The van der Waals surface area contributed by atoms with E-state index in [-0.39, 0.29) is 4.90 Å². The van der Waals surface area contributed by atoms with Gasteiger partial charge in [-0.2, -0.15) is 5.26 Å². The molecule has 1 aliphatic heterocycles. The average molecular weight is 394 g/mol. The molecule has 4 rings (SSSR count). The first-order chi connectivity index (χ1) is 13.1. The maximum atomic E-state index is 13.1. The number of fused-ring (bicyclic) bond motifs is 1. The van der Waals surface area contributed by atoms with Gasteiger partial charge in [-0.25, -0.2) is 8.42 Å². The molecule has 1 aliphatic rings. The van der Waals surface area contributed by atoms with Gasteiger partial charge in [-0.3, -0.25) is 14.3 Å². The Bertz CT molecular complexity index is 1120. The summed E-state index contributed by atoms with van der Waals surface area (Å²) in [5, 5.41) is 8.98. The molecule has 6 nitrogen and oxygen atoms in total. The van der Waals surface area contributed by atoms with Crippen LogP contribution in [-0.2, 0) is 10.0 Å². The number of pyridine rings is 2. The summed E-state index contributed by atoms with van der Waals surface area (Å²) in [5.74, 6) is 0.639. The Morgan fingerprint density at radius 1 is 1.07 bits per heavy atom. The number of nitrogens with zero attached hydrogens (tertiary/aromatic N) is 4. The van der Waals surface area contributed by atoms with Crippen LogP contribution >= 0.6 is 11.8 Å². The number of hydrogen-bond donors (Lipinski definition) is 0. The van der Waals surface area contributed by atoms with Gasteiger partial charge >= 0.3 is 0 Å². The summed E-state index contributed by atoms with van der Waals surface area (Å²) in [7, 11) is -3.71. The van der Waals surface area contributed by atoms with Crippen LogP contribution in [0.2, 0.25) is 0 Å². The maximum Gasteiger partial charge on any atom is 0.265 e. The lowest BCUT2D eigenvalue weighted by Crippen LogP contribution is -2.35. The van der Waals surface area contributed by atoms with Crippen molar-refractivity contribution < 1.29 is 8.42 Å². The quantitative estimate of drug-likeness (QED) is 0.677. The Morgan fingerprint density at radius 3 is 2.59 bits per heavy atom. The van der Waals surface area contributed by atoms with Crippen LogP contribution in [0.4, 0.5) is 5.69 Å². The molecule has 27 heavy (non-hydrogen) atoms. The molecule has 0 saturated carbocycles. The third kappa shape index (κ3) is 3.16. The second kappa shape index (κ2) is 7.02. The summed E-state index contributed by atoms with van der Waals surface area (Å²) in [5.41, 5.74) is 2.89. The first-order valence-electron chi connectivity index (χ1n) is 8.15. The van der Waals surface area contributed by atoms with Crippen molar-refractivity contribution in [3.63, 3.8) is 0 Å². The molecule has 8 heteroatoms. The third-order valence-electron chi connectivity index (χ3n) is 4.23. The largest absolute Gasteiger partial charge is 0.265 e. The fourth-order valence-electron chi connectivity index (χ4n) is 2.92. The lowest BCUT2D eigenvalue weighted by Gasteiger charge is -2.30. The number of rotatable bonds is 3. The summed E-state index contributed by atoms with van der Waals surface area (Å²) < 4.78 is 27.6. The predicted octanol–water partition coefficient (Wildman–Crippen LogP) is 3.32. The zero-order valence-corrected chi connectivity index (χ0v) is 15.7. The Balaban J connectivity index is 1.81. The molecule has 0 radical (unpaired) electrons. The van der Waals surface area contributed by atoms with Crippen molar-refractivity contribution in [3.05, 3.63) is 66.7 Å². The van der Waals surface area contributed by atoms with Crippen LogP contribution in [0.15, 0.2) is 71.0 Å². The van der Waals surface area contributed by atoms with Crippen molar-refractivity contribution in [2.24, 2.45) is 0 Å². The maximum absolute atomic E-state index is 13.1. The molecule has 2 aromatic heterocycles. The summed E-state index contributed by atoms with van der Waals surface area (Å²) >= 11 is 1.61. The second-order valence-corrected chi connectivity index (χ2v) is 8.81. The molecule has 3 aromatic rings. The van der Waals surface area contributed by atoms with E-state index in [1.165, 1.54) is 10.5 Å². The van der Waals surface area contributed by atoms with Gasteiger partial charge in [0.25, 0.3) is 10.0 Å². The van der Waals surface area contributed by atoms with Gasteiger partial charge in [0, 0.05) is 41.3 Å². The van der Waals surface area contributed by atoms with E-state index in [0.717, 1.165) is 16.0 Å². The van der Waals surface area contributed by atoms with Crippen LogP contribution in [-0.4, -0.2) is 30.7 Å². The summed E-state index contributed by atoms with van der Waals surface area (Å²) in [6, 6.07) is 12.4. The molecule has 0 unspecified atom stereocenters. The van der Waals surface area contributed by atoms with Crippen LogP contribution in [0, 0.1) is 11.3 Å². The van der Waals surface area contributed by atoms with Gasteiger partial charge in [-0.1, -0.05) is 12.1 Å². The normalized spacial score (nSPS) is 13.7. The van der Waals surface area contributed by atoms with E-state index in [4.69, 9.17) is 5.26 Å². The lowest BCUT2D eigenvalue weighted by atomic mass is 10.1. The van der Waals surface area contributed by atoms with Crippen molar-refractivity contribution in [1.29, 1.82) is 5.26 Å². The van der Waals surface area contributed by atoms with Gasteiger partial charge in [0.1, 0.15) is 4.90 Å². The van der Waals surface area contributed by atoms with E-state index < -0.39 is 10.0 Å². The molecule has 3 heterocycles. The minimum Gasteiger partial charge on any atom is -0.263 e. The molecule has 0 N–H and O–H groups in total. The molecule has 0 aliphatic carbocycles. The van der Waals surface area contributed by atoms with E-state index in [1.54, 1.807) is 54.6 Å². The number of anilines is 1. The highest BCUT2D eigenvalue weighted by Gasteiger charge is 2.31. The zero-order valence-electron chi connectivity index (χ0n) is 14.1. The molecule has 0 amide bonds. The van der Waals surface area contributed by atoms with E-state index in [2.05, 4.69) is 16.0 Å². The van der Waals surface area contributed by atoms with Crippen LogP contribution in [0.1, 0.15) is 5.56 Å². The van der Waals surface area contributed by atoms with Crippen LogP contribution < -0.4 is 4.31 Å². The molecule has 0 spiro atoms. The average Bonchev–Trinajstić information content (AvgIpc) is 2.73. The van der Waals surface area contributed by atoms with E-state index in [9.17, 15) is 8.42 Å². The SMILES string of the molecule is N#Cc1ccc(-c2cncc3c2SCCN3S(=O)(=O)c2cccnc2)cc1. The van der Waals surface area contributed by atoms with Gasteiger partial charge in [0.15, 0.2) is 0 Å².